The lowest BCUT2D eigenvalue weighted by Gasteiger charge is -2.38. The van der Waals surface area contributed by atoms with Gasteiger partial charge in [0.25, 0.3) is 0 Å². The van der Waals surface area contributed by atoms with Gasteiger partial charge in [-0.3, -0.25) is 4.79 Å². The van der Waals surface area contributed by atoms with Gasteiger partial charge >= 0.3 is 0 Å². The van der Waals surface area contributed by atoms with Crippen molar-refractivity contribution in [3.63, 3.8) is 0 Å². The first kappa shape index (κ1) is 17.5. The molecule has 1 aromatic rings. The van der Waals surface area contributed by atoms with Crippen molar-refractivity contribution in [1.29, 1.82) is 0 Å². The Morgan fingerprint density at radius 1 is 1.41 bits per heavy atom. The molecule has 2 rings (SSSR count). The number of amides is 1. The molecular formula is C16H22Cl2N2O2. The summed E-state index contributed by atoms with van der Waals surface area (Å²) in [5.41, 5.74) is 6.47. The van der Waals surface area contributed by atoms with E-state index in [1.165, 1.54) is 0 Å². The molecule has 3 N–H and O–H groups in total. The first-order chi connectivity index (χ1) is 10.4. The smallest absolute Gasteiger partial charge is 0.221 e. The van der Waals surface area contributed by atoms with Crippen LogP contribution in [0.15, 0.2) is 18.2 Å². The number of hydrogen-bond acceptors (Lipinski definition) is 3. The summed E-state index contributed by atoms with van der Waals surface area (Å²) in [7, 11) is 0. The molecule has 1 saturated heterocycles. The van der Waals surface area contributed by atoms with Crippen LogP contribution >= 0.6 is 23.2 Å². The highest BCUT2D eigenvalue weighted by Gasteiger charge is 2.36. The van der Waals surface area contributed by atoms with Crippen LogP contribution < -0.4 is 11.1 Å². The fourth-order valence-electron chi connectivity index (χ4n) is 2.86. The van der Waals surface area contributed by atoms with Gasteiger partial charge in [0, 0.05) is 47.7 Å². The molecule has 0 aliphatic carbocycles. The zero-order valence-electron chi connectivity index (χ0n) is 12.7. The van der Waals surface area contributed by atoms with Gasteiger partial charge in [0.15, 0.2) is 0 Å². The summed E-state index contributed by atoms with van der Waals surface area (Å²) in [5.74, 6) is -0.0362. The summed E-state index contributed by atoms with van der Waals surface area (Å²) in [6.07, 6.45) is 1.94. The van der Waals surface area contributed by atoms with Gasteiger partial charge in [0.05, 0.1) is 0 Å². The summed E-state index contributed by atoms with van der Waals surface area (Å²) in [5, 5.41) is 4.24. The molecule has 1 aliphatic heterocycles. The molecule has 22 heavy (non-hydrogen) atoms. The van der Waals surface area contributed by atoms with Crippen LogP contribution in [0.5, 0.6) is 0 Å². The third-order valence-electron chi connectivity index (χ3n) is 4.08. The second kappa shape index (κ2) is 7.64. The quantitative estimate of drug-likeness (QED) is 0.863. The molecule has 1 aromatic carbocycles. The molecule has 0 aromatic heterocycles. The van der Waals surface area contributed by atoms with Crippen LogP contribution in [0.3, 0.4) is 0 Å². The van der Waals surface area contributed by atoms with E-state index in [0.29, 0.717) is 36.2 Å². The zero-order chi connectivity index (χ0) is 16.2. The fourth-order valence-corrected chi connectivity index (χ4v) is 3.46. The largest absolute Gasteiger partial charge is 0.381 e. The van der Waals surface area contributed by atoms with Crippen molar-refractivity contribution in [3.05, 3.63) is 33.8 Å². The van der Waals surface area contributed by atoms with Crippen LogP contribution in [0.2, 0.25) is 10.0 Å². The van der Waals surface area contributed by atoms with Gasteiger partial charge in [-0.05, 0) is 37.5 Å². The van der Waals surface area contributed by atoms with Gasteiger partial charge < -0.3 is 15.8 Å². The Balaban J connectivity index is 2.19. The predicted molar refractivity (Wildman–Crippen MR) is 89.5 cm³/mol. The van der Waals surface area contributed by atoms with E-state index in [-0.39, 0.29) is 17.4 Å². The molecule has 1 amide bonds. The minimum atomic E-state index is -0.215. The third-order valence-corrected chi connectivity index (χ3v) is 4.63. The molecule has 1 aliphatic rings. The van der Waals surface area contributed by atoms with E-state index in [2.05, 4.69) is 5.32 Å². The number of benzene rings is 1. The van der Waals surface area contributed by atoms with E-state index in [1.807, 2.05) is 19.1 Å². The maximum Gasteiger partial charge on any atom is 0.221 e. The lowest BCUT2D eigenvalue weighted by Crippen LogP contribution is -2.45. The number of nitrogens with one attached hydrogen (secondary N) is 1. The molecule has 1 unspecified atom stereocenters. The van der Waals surface area contributed by atoms with Crippen molar-refractivity contribution in [3.8, 4) is 0 Å². The lowest BCUT2D eigenvalue weighted by atomic mass is 9.74. The van der Waals surface area contributed by atoms with Crippen LogP contribution in [-0.2, 0) is 14.9 Å². The molecule has 0 radical (unpaired) electrons. The number of hydrogen-bond donors (Lipinski definition) is 2. The molecule has 4 nitrogen and oxygen atoms in total. The highest BCUT2D eigenvalue weighted by Crippen LogP contribution is 2.39. The van der Waals surface area contributed by atoms with Gasteiger partial charge in [0.1, 0.15) is 0 Å². The van der Waals surface area contributed by atoms with Crippen molar-refractivity contribution in [2.24, 2.45) is 5.73 Å². The second-order valence-electron chi connectivity index (χ2n) is 5.98. The Morgan fingerprint density at radius 2 is 2.09 bits per heavy atom. The van der Waals surface area contributed by atoms with E-state index in [4.69, 9.17) is 33.7 Å². The standard InChI is InChI=1S/C16H22Cl2N2O2/c1-11(19)8-15(21)20-10-16(4-6-22-7-5-16)13-3-2-12(17)9-14(13)18/h2-3,9,11H,4-8,10,19H2,1H3,(H,20,21). The number of carbonyl (C=O) groups is 1. The predicted octanol–water partition coefficient (Wildman–Crippen LogP) is 2.90. The van der Waals surface area contributed by atoms with E-state index in [9.17, 15) is 4.79 Å². The summed E-state index contributed by atoms with van der Waals surface area (Å²) in [4.78, 5) is 11.9. The van der Waals surface area contributed by atoms with Crippen molar-refractivity contribution < 1.29 is 9.53 Å². The number of halogens is 2. The van der Waals surface area contributed by atoms with Crippen LogP contribution in [0.4, 0.5) is 0 Å². The lowest BCUT2D eigenvalue weighted by molar-refractivity contribution is -0.121. The Morgan fingerprint density at radius 3 is 2.68 bits per heavy atom. The van der Waals surface area contributed by atoms with E-state index in [1.54, 1.807) is 6.07 Å². The molecule has 1 fully saturated rings. The summed E-state index contributed by atoms with van der Waals surface area (Å²) < 4.78 is 5.48. The minimum Gasteiger partial charge on any atom is -0.381 e. The molecule has 122 valence electrons. The number of ether oxygens (including phenoxy) is 1. The molecule has 0 spiro atoms. The minimum absolute atomic E-state index is 0.0362. The molecule has 1 heterocycles. The zero-order valence-corrected chi connectivity index (χ0v) is 14.2. The molecule has 1 atom stereocenters. The monoisotopic (exact) mass is 344 g/mol. The maximum absolute atomic E-state index is 11.9. The van der Waals surface area contributed by atoms with Crippen LogP contribution in [0.1, 0.15) is 31.7 Å². The SMILES string of the molecule is CC(N)CC(=O)NCC1(c2ccc(Cl)cc2Cl)CCOCC1. The van der Waals surface area contributed by atoms with Gasteiger partial charge in [-0.1, -0.05) is 29.3 Å². The first-order valence-corrected chi connectivity index (χ1v) is 8.24. The van der Waals surface area contributed by atoms with E-state index >= 15 is 0 Å². The van der Waals surface area contributed by atoms with E-state index in [0.717, 1.165) is 18.4 Å². The number of rotatable bonds is 5. The second-order valence-corrected chi connectivity index (χ2v) is 6.82. The number of nitrogens with two attached hydrogens (primary N) is 1. The van der Waals surface area contributed by atoms with Crippen molar-refractivity contribution in [2.45, 2.75) is 37.6 Å². The average molecular weight is 345 g/mol. The molecule has 6 heteroatoms. The Kier molecular flexibility index (Phi) is 6.09. The van der Waals surface area contributed by atoms with E-state index < -0.39 is 0 Å². The highest BCUT2D eigenvalue weighted by atomic mass is 35.5. The van der Waals surface area contributed by atoms with Crippen molar-refractivity contribution in [1.82, 2.24) is 5.32 Å². The molecular weight excluding hydrogens is 323 g/mol. The summed E-state index contributed by atoms with van der Waals surface area (Å²) >= 11 is 12.4. The van der Waals surface area contributed by atoms with Crippen molar-refractivity contribution in [2.75, 3.05) is 19.8 Å². The molecule has 0 bridgehead atoms. The highest BCUT2D eigenvalue weighted by molar-refractivity contribution is 6.35. The maximum atomic E-state index is 11.9. The Labute approximate surface area is 141 Å². The third kappa shape index (κ3) is 4.35. The molecule has 0 saturated carbocycles. The number of carbonyl (C=O) groups excluding carboxylic acids is 1. The van der Waals surface area contributed by atoms with Gasteiger partial charge in [-0.2, -0.15) is 0 Å². The van der Waals surface area contributed by atoms with Crippen molar-refractivity contribution >= 4 is 29.1 Å². The van der Waals surface area contributed by atoms with Crippen LogP contribution in [0, 0.1) is 0 Å². The summed E-state index contributed by atoms with van der Waals surface area (Å²) in [6.45, 7) is 3.66. The Hall–Kier alpha value is -0.810. The fraction of sp³-hybridized carbons (Fsp3) is 0.562. The van der Waals surface area contributed by atoms with Gasteiger partial charge in [-0.25, -0.2) is 0 Å². The average Bonchev–Trinajstić information content (AvgIpc) is 2.45. The van der Waals surface area contributed by atoms with Crippen LogP contribution in [0.25, 0.3) is 0 Å². The topological polar surface area (TPSA) is 64.4 Å². The normalized spacial score (nSPS) is 18.7. The Bertz CT molecular complexity index is 529. The van der Waals surface area contributed by atoms with Crippen LogP contribution in [-0.4, -0.2) is 31.7 Å². The first-order valence-electron chi connectivity index (χ1n) is 7.48. The van der Waals surface area contributed by atoms with Gasteiger partial charge in [-0.15, -0.1) is 0 Å². The summed E-state index contributed by atoms with van der Waals surface area (Å²) in [6, 6.07) is 5.39. The van der Waals surface area contributed by atoms with Gasteiger partial charge in [0.2, 0.25) is 5.91 Å².